The Balaban J connectivity index is 2.53. The van der Waals surface area contributed by atoms with Gasteiger partial charge in [-0.25, -0.2) is 9.97 Å². The molecule has 0 aliphatic carbocycles. The second-order valence-electron chi connectivity index (χ2n) is 4.49. The lowest BCUT2D eigenvalue weighted by molar-refractivity contribution is 0.208. The van der Waals surface area contributed by atoms with E-state index in [9.17, 15) is 10.4 Å². The number of hydrogen-bond donors (Lipinski definition) is 2. The molecule has 1 aromatic heterocycles. The molecule has 5 nitrogen and oxygen atoms in total. The van der Waals surface area contributed by atoms with Crippen molar-refractivity contribution in [1.82, 2.24) is 9.97 Å². The fourth-order valence-electron chi connectivity index (χ4n) is 1.81. The van der Waals surface area contributed by atoms with Crippen LogP contribution in [0.5, 0.6) is 0 Å². The van der Waals surface area contributed by atoms with Crippen molar-refractivity contribution >= 4 is 17.6 Å². The van der Waals surface area contributed by atoms with Gasteiger partial charge in [0.05, 0.1) is 11.8 Å². The Morgan fingerprint density at radius 1 is 1.33 bits per heavy atom. The molecule has 0 radical (unpaired) electrons. The van der Waals surface area contributed by atoms with Crippen molar-refractivity contribution in [2.45, 2.75) is 18.2 Å². The Hall–Kier alpha value is -2.10. The minimum atomic E-state index is -0.524. The number of nitrogens with zero attached hydrogens (tertiary/aromatic N) is 3. The van der Waals surface area contributed by atoms with E-state index in [2.05, 4.69) is 21.4 Å². The summed E-state index contributed by atoms with van der Waals surface area (Å²) in [5.41, 5.74) is 1.86. The number of aliphatic hydroxyl groups excluding tert-OH is 1. The van der Waals surface area contributed by atoms with Crippen molar-refractivity contribution < 1.29 is 5.11 Å². The highest BCUT2D eigenvalue weighted by molar-refractivity contribution is 7.98. The molecule has 0 spiro atoms. The van der Waals surface area contributed by atoms with Crippen LogP contribution in [0.25, 0.3) is 11.3 Å². The van der Waals surface area contributed by atoms with Crippen molar-refractivity contribution in [2.24, 2.45) is 0 Å². The van der Waals surface area contributed by atoms with Crippen molar-refractivity contribution in [3.8, 4) is 17.3 Å². The molecular weight excluding hydrogens is 284 g/mol. The monoisotopic (exact) mass is 300 g/mol. The minimum absolute atomic E-state index is 0.327. The summed E-state index contributed by atoms with van der Waals surface area (Å²) in [6.45, 7) is 2.00. The van der Waals surface area contributed by atoms with Gasteiger partial charge < -0.3 is 10.4 Å². The topological polar surface area (TPSA) is 81.8 Å². The molecule has 0 aliphatic rings. The first-order valence-corrected chi connectivity index (χ1v) is 7.71. The van der Waals surface area contributed by atoms with Crippen LogP contribution in [-0.4, -0.2) is 34.0 Å². The molecule has 6 heteroatoms. The third kappa shape index (κ3) is 3.72. The molecular formula is C15H16N4OS. The first-order chi connectivity index (χ1) is 10.2. The van der Waals surface area contributed by atoms with E-state index < -0.39 is 6.10 Å². The molecule has 0 saturated heterocycles. The lowest BCUT2D eigenvalue weighted by Crippen LogP contribution is -2.17. The van der Waals surface area contributed by atoms with E-state index in [0.717, 1.165) is 5.56 Å². The van der Waals surface area contributed by atoms with Crippen LogP contribution in [0, 0.1) is 11.3 Å². The van der Waals surface area contributed by atoms with Crippen LogP contribution in [-0.2, 0) is 0 Å². The molecule has 0 fully saturated rings. The first kappa shape index (κ1) is 15.3. The van der Waals surface area contributed by atoms with E-state index >= 15 is 0 Å². The van der Waals surface area contributed by atoms with Crippen LogP contribution >= 0.6 is 11.8 Å². The summed E-state index contributed by atoms with van der Waals surface area (Å²) in [5, 5.41) is 22.4. The zero-order chi connectivity index (χ0) is 15.2. The Kier molecular flexibility index (Phi) is 5.14. The van der Waals surface area contributed by atoms with Crippen LogP contribution < -0.4 is 5.32 Å². The van der Waals surface area contributed by atoms with Gasteiger partial charge in [0, 0.05) is 12.1 Å². The summed E-state index contributed by atoms with van der Waals surface area (Å²) in [7, 11) is 0. The van der Waals surface area contributed by atoms with Gasteiger partial charge in [-0.15, -0.1) is 0 Å². The minimum Gasteiger partial charge on any atom is -0.392 e. The van der Waals surface area contributed by atoms with Crippen molar-refractivity contribution in [3.63, 3.8) is 0 Å². The van der Waals surface area contributed by atoms with Gasteiger partial charge in [0.25, 0.3) is 0 Å². The predicted octanol–water partition coefficient (Wildman–Crippen LogP) is 2.53. The molecule has 0 saturated carbocycles. The second-order valence-corrected chi connectivity index (χ2v) is 5.26. The van der Waals surface area contributed by atoms with Gasteiger partial charge in [-0.2, -0.15) is 5.26 Å². The van der Waals surface area contributed by atoms with Crippen molar-refractivity contribution in [2.75, 3.05) is 18.1 Å². The van der Waals surface area contributed by atoms with Crippen LogP contribution in [0.3, 0.4) is 0 Å². The number of nitrogens with one attached hydrogen (secondary N) is 1. The van der Waals surface area contributed by atoms with Crippen LogP contribution in [0.4, 0.5) is 5.82 Å². The van der Waals surface area contributed by atoms with Gasteiger partial charge in [-0.05, 0) is 13.2 Å². The maximum Gasteiger partial charge on any atom is 0.189 e. The fraction of sp³-hybridized carbons (Fsp3) is 0.267. The molecule has 1 heterocycles. The van der Waals surface area contributed by atoms with Gasteiger partial charge in [-0.3, -0.25) is 0 Å². The highest BCUT2D eigenvalue weighted by Crippen LogP contribution is 2.28. The number of benzene rings is 1. The molecule has 0 bridgehead atoms. The zero-order valence-corrected chi connectivity index (χ0v) is 12.7. The molecule has 2 rings (SSSR count). The van der Waals surface area contributed by atoms with Crippen LogP contribution in [0.2, 0.25) is 0 Å². The Labute approximate surface area is 128 Å². The van der Waals surface area contributed by atoms with E-state index in [1.165, 1.54) is 11.8 Å². The summed E-state index contributed by atoms with van der Waals surface area (Å²) >= 11 is 1.41. The third-order valence-electron chi connectivity index (χ3n) is 2.80. The van der Waals surface area contributed by atoms with Gasteiger partial charge in [0.2, 0.25) is 0 Å². The number of anilines is 1. The summed E-state index contributed by atoms with van der Waals surface area (Å²) < 4.78 is 0. The summed E-state index contributed by atoms with van der Waals surface area (Å²) in [6.07, 6.45) is 1.36. The molecule has 0 aliphatic heterocycles. The normalized spacial score (nSPS) is 11.7. The van der Waals surface area contributed by atoms with Crippen molar-refractivity contribution in [3.05, 3.63) is 35.9 Å². The van der Waals surface area contributed by atoms with Gasteiger partial charge in [0.1, 0.15) is 17.5 Å². The molecule has 2 aromatic rings. The number of nitriles is 1. The average Bonchev–Trinajstić information content (AvgIpc) is 2.52. The standard InChI is InChI=1S/C15H16N4OS/c1-10(20)9-17-14-12(8-16)13(18-15(19-14)21-2)11-6-4-3-5-7-11/h3-7,10,20H,9H2,1-2H3,(H,17,18,19)/t10-/m0/s1. The number of thioether (sulfide) groups is 1. The molecule has 21 heavy (non-hydrogen) atoms. The number of aliphatic hydroxyl groups is 1. The van der Waals surface area contributed by atoms with E-state index in [1.54, 1.807) is 6.92 Å². The lowest BCUT2D eigenvalue weighted by Gasteiger charge is -2.13. The lowest BCUT2D eigenvalue weighted by atomic mass is 10.1. The Morgan fingerprint density at radius 3 is 2.62 bits per heavy atom. The predicted molar refractivity (Wildman–Crippen MR) is 84.1 cm³/mol. The summed E-state index contributed by atoms with van der Waals surface area (Å²) in [6, 6.07) is 11.7. The number of aromatic nitrogens is 2. The van der Waals surface area contributed by atoms with E-state index in [1.807, 2.05) is 36.6 Å². The summed E-state index contributed by atoms with van der Waals surface area (Å²) in [5.74, 6) is 0.455. The highest BCUT2D eigenvalue weighted by atomic mass is 32.2. The molecule has 0 amide bonds. The van der Waals surface area contributed by atoms with Crippen LogP contribution in [0.1, 0.15) is 12.5 Å². The molecule has 0 unspecified atom stereocenters. The van der Waals surface area contributed by atoms with E-state index in [4.69, 9.17) is 0 Å². The van der Waals surface area contributed by atoms with Gasteiger partial charge >= 0.3 is 0 Å². The van der Waals surface area contributed by atoms with E-state index in [0.29, 0.717) is 28.8 Å². The maximum atomic E-state index is 9.45. The van der Waals surface area contributed by atoms with Gasteiger partial charge in [-0.1, -0.05) is 42.1 Å². The number of rotatable bonds is 5. The zero-order valence-electron chi connectivity index (χ0n) is 11.9. The molecule has 1 atom stereocenters. The van der Waals surface area contributed by atoms with Gasteiger partial charge in [0.15, 0.2) is 5.16 Å². The molecule has 2 N–H and O–H groups in total. The Bertz CT molecular complexity index is 653. The summed E-state index contributed by atoms with van der Waals surface area (Å²) in [4.78, 5) is 8.77. The largest absolute Gasteiger partial charge is 0.392 e. The Morgan fingerprint density at radius 2 is 2.05 bits per heavy atom. The average molecular weight is 300 g/mol. The number of hydrogen-bond acceptors (Lipinski definition) is 6. The van der Waals surface area contributed by atoms with Crippen molar-refractivity contribution in [1.29, 1.82) is 5.26 Å². The highest BCUT2D eigenvalue weighted by Gasteiger charge is 2.15. The maximum absolute atomic E-state index is 9.45. The smallest absolute Gasteiger partial charge is 0.189 e. The molecule has 108 valence electrons. The quantitative estimate of drug-likeness (QED) is 0.652. The fourth-order valence-corrected chi connectivity index (χ4v) is 2.18. The first-order valence-electron chi connectivity index (χ1n) is 6.49. The van der Waals surface area contributed by atoms with E-state index in [-0.39, 0.29) is 0 Å². The third-order valence-corrected chi connectivity index (χ3v) is 3.34. The van der Waals surface area contributed by atoms with Crippen LogP contribution in [0.15, 0.2) is 35.5 Å². The molecule has 1 aromatic carbocycles. The SMILES string of the molecule is CSc1nc(NC[C@H](C)O)c(C#N)c(-c2ccccc2)n1. The second kappa shape index (κ2) is 7.07.